The van der Waals surface area contributed by atoms with Crippen molar-refractivity contribution in [2.75, 3.05) is 19.4 Å². The number of hydrogen-bond donors (Lipinski definition) is 1. The second-order valence-electron chi connectivity index (χ2n) is 4.06. The van der Waals surface area contributed by atoms with Gasteiger partial charge in [0.05, 0.1) is 17.7 Å². The number of thioether (sulfide) groups is 1. The number of pyridine rings is 1. The summed E-state index contributed by atoms with van der Waals surface area (Å²) in [7, 11) is 0. The monoisotopic (exact) mass is 252 g/mol. The van der Waals surface area contributed by atoms with Gasteiger partial charge in [0, 0.05) is 18.3 Å². The quantitative estimate of drug-likeness (QED) is 0.826. The van der Waals surface area contributed by atoms with Gasteiger partial charge in [0.1, 0.15) is 0 Å². The molecular formula is C12H16N2O2S. The molecule has 5 heteroatoms. The fourth-order valence-electron chi connectivity index (χ4n) is 2.11. The van der Waals surface area contributed by atoms with Crippen molar-refractivity contribution in [2.24, 2.45) is 0 Å². The van der Waals surface area contributed by atoms with Crippen LogP contribution in [0.15, 0.2) is 23.4 Å². The molecule has 0 aliphatic carbocycles. The van der Waals surface area contributed by atoms with Crippen LogP contribution in [0.1, 0.15) is 23.2 Å². The first-order chi connectivity index (χ1) is 8.26. The van der Waals surface area contributed by atoms with E-state index in [9.17, 15) is 9.90 Å². The van der Waals surface area contributed by atoms with Crippen molar-refractivity contribution in [3.63, 3.8) is 0 Å². The first kappa shape index (κ1) is 12.4. The lowest BCUT2D eigenvalue weighted by molar-refractivity contribution is 0.0677. The highest BCUT2D eigenvalue weighted by molar-refractivity contribution is 7.98. The molecule has 4 nitrogen and oxygen atoms in total. The molecule has 0 spiro atoms. The van der Waals surface area contributed by atoms with E-state index in [1.807, 2.05) is 6.26 Å². The van der Waals surface area contributed by atoms with E-state index in [2.05, 4.69) is 4.98 Å². The fourth-order valence-corrected chi connectivity index (χ4v) is 2.52. The van der Waals surface area contributed by atoms with Crippen molar-refractivity contribution in [1.29, 1.82) is 0 Å². The molecule has 1 aliphatic heterocycles. The molecule has 1 aromatic heterocycles. The van der Waals surface area contributed by atoms with E-state index in [1.165, 1.54) is 11.8 Å². The number of amides is 1. The lowest BCUT2D eigenvalue weighted by Gasteiger charge is -2.23. The van der Waals surface area contributed by atoms with E-state index >= 15 is 0 Å². The number of aromatic nitrogens is 1. The third-order valence-electron chi connectivity index (χ3n) is 3.04. The van der Waals surface area contributed by atoms with Crippen LogP contribution in [-0.4, -0.2) is 46.3 Å². The zero-order valence-electron chi connectivity index (χ0n) is 9.80. The molecule has 1 aromatic rings. The van der Waals surface area contributed by atoms with Crippen molar-refractivity contribution < 1.29 is 9.90 Å². The minimum Gasteiger partial charge on any atom is -0.394 e. The van der Waals surface area contributed by atoms with E-state index in [4.69, 9.17) is 0 Å². The molecule has 1 unspecified atom stereocenters. The molecule has 0 saturated carbocycles. The van der Waals surface area contributed by atoms with Crippen LogP contribution in [0, 0.1) is 0 Å². The molecule has 1 atom stereocenters. The Balaban J connectivity index is 2.18. The van der Waals surface area contributed by atoms with Gasteiger partial charge in [-0.15, -0.1) is 11.8 Å². The summed E-state index contributed by atoms with van der Waals surface area (Å²) in [6.07, 6.45) is 5.45. The van der Waals surface area contributed by atoms with Crippen LogP contribution in [0.5, 0.6) is 0 Å². The minimum absolute atomic E-state index is 0.000694. The average Bonchev–Trinajstić information content (AvgIpc) is 2.86. The Kier molecular flexibility index (Phi) is 4.02. The summed E-state index contributed by atoms with van der Waals surface area (Å²) in [5.74, 6) is -0.000694. The molecule has 1 amide bonds. The topological polar surface area (TPSA) is 53.4 Å². The maximum absolute atomic E-state index is 12.3. The van der Waals surface area contributed by atoms with Gasteiger partial charge < -0.3 is 10.0 Å². The van der Waals surface area contributed by atoms with Crippen molar-refractivity contribution in [3.8, 4) is 0 Å². The number of aliphatic hydroxyl groups excluding tert-OH is 1. The largest absolute Gasteiger partial charge is 0.394 e. The van der Waals surface area contributed by atoms with E-state index < -0.39 is 0 Å². The molecule has 1 aliphatic rings. The highest BCUT2D eigenvalue weighted by Crippen LogP contribution is 2.21. The highest BCUT2D eigenvalue weighted by Gasteiger charge is 2.28. The van der Waals surface area contributed by atoms with Crippen LogP contribution < -0.4 is 0 Å². The van der Waals surface area contributed by atoms with Gasteiger partial charge >= 0.3 is 0 Å². The summed E-state index contributed by atoms with van der Waals surface area (Å²) in [6, 6.07) is 3.52. The molecular weight excluding hydrogens is 236 g/mol. The predicted octanol–water partition coefficient (Wildman–Crippen LogP) is 1.40. The van der Waals surface area contributed by atoms with Crippen LogP contribution >= 0.6 is 11.8 Å². The van der Waals surface area contributed by atoms with Gasteiger partial charge in [-0.2, -0.15) is 0 Å². The molecule has 1 N–H and O–H groups in total. The number of aliphatic hydroxyl groups is 1. The van der Waals surface area contributed by atoms with E-state index in [-0.39, 0.29) is 18.6 Å². The van der Waals surface area contributed by atoms with Crippen molar-refractivity contribution in [3.05, 3.63) is 23.9 Å². The summed E-state index contributed by atoms with van der Waals surface area (Å²) in [4.78, 5) is 18.2. The average molecular weight is 252 g/mol. The molecule has 2 rings (SSSR count). The number of hydrogen-bond acceptors (Lipinski definition) is 4. The first-order valence-corrected chi connectivity index (χ1v) is 6.90. The molecule has 92 valence electrons. The second-order valence-corrected chi connectivity index (χ2v) is 4.89. The number of nitrogens with zero attached hydrogens (tertiary/aromatic N) is 2. The fraction of sp³-hybridized carbons (Fsp3) is 0.500. The van der Waals surface area contributed by atoms with Gasteiger partial charge in [0.15, 0.2) is 0 Å². The minimum atomic E-state index is -0.0200. The molecule has 0 aromatic carbocycles. The van der Waals surface area contributed by atoms with Crippen LogP contribution in [-0.2, 0) is 0 Å². The van der Waals surface area contributed by atoms with Crippen molar-refractivity contribution in [2.45, 2.75) is 23.9 Å². The molecule has 0 radical (unpaired) electrons. The number of likely N-dealkylation sites (tertiary alicyclic amines) is 1. The Morgan fingerprint density at radius 2 is 2.53 bits per heavy atom. The summed E-state index contributed by atoms with van der Waals surface area (Å²) in [5.41, 5.74) is 0.657. The van der Waals surface area contributed by atoms with Gasteiger partial charge in [-0.05, 0) is 31.2 Å². The van der Waals surface area contributed by atoms with E-state index in [1.54, 1.807) is 23.2 Å². The Morgan fingerprint density at radius 1 is 1.71 bits per heavy atom. The molecule has 1 fully saturated rings. The Hall–Kier alpha value is -1.07. The first-order valence-electron chi connectivity index (χ1n) is 5.68. The maximum atomic E-state index is 12.3. The zero-order valence-corrected chi connectivity index (χ0v) is 10.6. The zero-order chi connectivity index (χ0) is 12.3. The van der Waals surface area contributed by atoms with Crippen molar-refractivity contribution >= 4 is 17.7 Å². The lowest BCUT2D eigenvalue weighted by Crippen LogP contribution is -2.37. The third kappa shape index (κ3) is 2.61. The summed E-state index contributed by atoms with van der Waals surface area (Å²) >= 11 is 1.52. The number of carbonyl (C=O) groups is 1. The lowest BCUT2D eigenvalue weighted by atomic mass is 10.2. The standard InChI is InChI=1S/C12H16N2O2S/c1-17-11-7-9(4-5-13-11)12(16)14-6-2-3-10(14)8-15/h4-5,7,10,15H,2-3,6,8H2,1H3. The second kappa shape index (κ2) is 5.51. The van der Waals surface area contributed by atoms with Crippen LogP contribution in [0.25, 0.3) is 0 Å². The molecule has 0 bridgehead atoms. The van der Waals surface area contributed by atoms with Crippen LogP contribution in [0.2, 0.25) is 0 Å². The number of carbonyl (C=O) groups excluding carboxylic acids is 1. The van der Waals surface area contributed by atoms with Gasteiger partial charge in [0.25, 0.3) is 5.91 Å². The van der Waals surface area contributed by atoms with E-state index in [0.717, 1.165) is 24.4 Å². The summed E-state index contributed by atoms with van der Waals surface area (Å²) in [6.45, 7) is 0.785. The molecule has 1 saturated heterocycles. The van der Waals surface area contributed by atoms with Gasteiger partial charge in [-0.3, -0.25) is 4.79 Å². The SMILES string of the molecule is CSc1cc(C(=O)N2CCCC2CO)ccn1. The molecule has 2 heterocycles. The third-order valence-corrected chi connectivity index (χ3v) is 3.68. The Bertz CT molecular complexity index is 411. The predicted molar refractivity (Wildman–Crippen MR) is 67.2 cm³/mol. The van der Waals surface area contributed by atoms with E-state index in [0.29, 0.717) is 5.56 Å². The van der Waals surface area contributed by atoms with Gasteiger partial charge in [-0.1, -0.05) is 0 Å². The van der Waals surface area contributed by atoms with Crippen LogP contribution in [0.3, 0.4) is 0 Å². The van der Waals surface area contributed by atoms with Gasteiger partial charge in [-0.25, -0.2) is 4.98 Å². The normalized spacial score (nSPS) is 19.6. The summed E-state index contributed by atoms with van der Waals surface area (Å²) < 4.78 is 0. The Labute approximate surface area is 105 Å². The van der Waals surface area contributed by atoms with Crippen molar-refractivity contribution in [1.82, 2.24) is 9.88 Å². The maximum Gasteiger partial charge on any atom is 0.254 e. The molecule has 17 heavy (non-hydrogen) atoms. The Morgan fingerprint density at radius 3 is 3.24 bits per heavy atom. The highest BCUT2D eigenvalue weighted by atomic mass is 32.2. The summed E-state index contributed by atoms with van der Waals surface area (Å²) in [5, 5.41) is 10.1. The van der Waals surface area contributed by atoms with Crippen LogP contribution in [0.4, 0.5) is 0 Å². The number of rotatable bonds is 3. The van der Waals surface area contributed by atoms with Gasteiger partial charge in [0.2, 0.25) is 0 Å². The smallest absolute Gasteiger partial charge is 0.254 e.